The summed E-state index contributed by atoms with van der Waals surface area (Å²) in [5.74, 6) is -8.86. The van der Waals surface area contributed by atoms with Crippen molar-refractivity contribution < 1.29 is 44.2 Å². The molecule has 7 nitrogen and oxygen atoms in total. The summed E-state index contributed by atoms with van der Waals surface area (Å²) >= 11 is 0. The molecule has 1 saturated heterocycles. The number of carbonyl (C=O) groups excluding carboxylic acids is 1. The van der Waals surface area contributed by atoms with Crippen LogP contribution in [0, 0.1) is 17.2 Å². The zero-order chi connectivity index (χ0) is 30.1. The number of alkyl halides is 7. The fourth-order valence-electron chi connectivity index (χ4n) is 4.44. The minimum Gasteiger partial charge on any atom is -0.443 e. The average molecular weight is 609 g/mol. The van der Waals surface area contributed by atoms with Gasteiger partial charge in [0.1, 0.15) is 17.5 Å². The van der Waals surface area contributed by atoms with Crippen LogP contribution in [-0.2, 0) is 21.5 Å². The molecule has 1 aromatic heterocycles. The van der Waals surface area contributed by atoms with Crippen molar-refractivity contribution in [2.75, 3.05) is 29.5 Å². The maximum Gasteiger partial charge on any atom is 0.463 e. The van der Waals surface area contributed by atoms with Gasteiger partial charge in [0.2, 0.25) is 11.8 Å². The van der Waals surface area contributed by atoms with E-state index >= 15 is 0 Å². The van der Waals surface area contributed by atoms with E-state index in [0.717, 1.165) is 12.0 Å². The smallest absolute Gasteiger partial charge is 0.443 e. The van der Waals surface area contributed by atoms with Crippen molar-refractivity contribution in [3.05, 3.63) is 36.4 Å². The molecule has 3 fully saturated rings. The Bertz CT molecular complexity index is 1280. The predicted octanol–water partition coefficient (Wildman–Crippen LogP) is 5.55. The molecule has 2 heterocycles. The molecule has 5 rings (SSSR count). The van der Waals surface area contributed by atoms with Crippen LogP contribution in [0.2, 0.25) is 0 Å². The molecular weight excluding hydrogens is 581 g/mol. The van der Waals surface area contributed by atoms with Gasteiger partial charge in [-0.2, -0.15) is 27.2 Å². The first-order chi connectivity index (χ1) is 19.1. The lowest BCUT2D eigenvalue weighted by Gasteiger charge is -2.28. The van der Waals surface area contributed by atoms with E-state index in [-0.39, 0.29) is 43.2 Å². The third-order valence-electron chi connectivity index (χ3n) is 7.25. The van der Waals surface area contributed by atoms with Crippen molar-refractivity contribution in [2.24, 2.45) is 5.92 Å². The van der Waals surface area contributed by atoms with E-state index in [0.29, 0.717) is 43.0 Å². The van der Waals surface area contributed by atoms with Crippen LogP contribution < -0.4 is 10.2 Å². The van der Waals surface area contributed by atoms with E-state index in [1.165, 1.54) is 0 Å². The molecule has 1 amide bonds. The summed E-state index contributed by atoms with van der Waals surface area (Å²) in [6.07, 6.45) is -3.63. The second-order valence-corrected chi connectivity index (χ2v) is 12.0. The lowest BCUT2D eigenvalue weighted by Crippen LogP contribution is -2.42. The number of aromatic nitrogens is 1. The largest absolute Gasteiger partial charge is 0.463 e. The van der Waals surface area contributed by atoms with Gasteiger partial charge in [-0.15, -0.1) is 0 Å². The molecule has 0 atom stereocenters. The summed E-state index contributed by atoms with van der Waals surface area (Å²) in [6.45, 7) is 1.27. The number of hydrogen-bond donors (Lipinski definition) is 1. The summed E-state index contributed by atoms with van der Waals surface area (Å²) in [5.41, 5.74) is 0.421. The molecule has 3 aliphatic rings. The van der Waals surface area contributed by atoms with E-state index in [9.17, 15) is 39.7 Å². The fourth-order valence-corrected chi connectivity index (χ4v) is 5.49. The van der Waals surface area contributed by atoms with Gasteiger partial charge in [-0.25, -0.2) is 13.8 Å². The van der Waals surface area contributed by atoms with Gasteiger partial charge < -0.3 is 14.6 Å². The van der Waals surface area contributed by atoms with Crippen molar-refractivity contribution in [1.29, 1.82) is 5.26 Å². The first-order valence-corrected chi connectivity index (χ1v) is 14.4. The van der Waals surface area contributed by atoms with Crippen LogP contribution in [0.15, 0.2) is 34.9 Å². The van der Waals surface area contributed by atoms with E-state index in [4.69, 9.17) is 5.26 Å². The lowest BCUT2D eigenvalue weighted by molar-refractivity contribution is -0.297. The predicted molar refractivity (Wildman–Crippen MR) is 135 cm³/mol. The first-order valence-electron chi connectivity index (χ1n) is 12.9. The van der Waals surface area contributed by atoms with Crippen molar-refractivity contribution in [3.63, 3.8) is 0 Å². The molecule has 1 aliphatic heterocycles. The number of nitrogens with zero attached hydrogens (tertiary/aromatic N) is 3. The van der Waals surface area contributed by atoms with E-state index < -0.39 is 40.3 Å². The van der Waals surface area contributed by atoms with Crippen LogP contribution in [0.4, 0.5) is 36.4 Å². The molecule has 224 valence electrons. The normalized spacial score (nSPS) is 20.9. The quantitative estimate of drug-likeness (QED) is 0.447. The van der Waals surface area contributed by atoms with Crippen molar-refractivity contribution in [1.82, 2.24) is 10.3 Å². The number of rotatable bonds is 5. The summed E-state index contributed by atoms with van der Waals surface area (Å²) < 4.78 is 105. The summed E-state index contributed by atoms with van der Waals surface area (Å²) in [7, 11) is -0.809. The monoisotopic (exact) mass is 608 g/mol. The first kappa shape index (κ1) is 30.8. The highest BCUT2D eigenvalue weighted by molar-refractivity contribution is 7.85. The van der Waals surface area contributed by atoms with Gasteiger partial charge in [-0.05, 0) is 37.8 Å². The Hall–Kier alpha value is -3.15. The molecule has 15 heteroatoms. The number of amides is 1. The lowest BCUT2D eigenvalue weighted by atomic mass is 9.86. The highest BCUT2D eigenvalue weighted by atomic mass is 32.2. The maximum absolute atomic E-state index is 13.2. The van der Waals surface area contributed by atoms with Crippen LogP contribution in [-0.4, -0.2) is 57.3 Å². The highest BCUT2D eigenvalue weighted by Gasteiger charge is 2.62. The van der Waals surface area contributed by atoms with Crippen LogP contribution in [0.25, 0.3) is 11.3 Å². The summed E-state index contributed by atoms with van der Waals surface area (Å²) in [5, 5.41) is 11.5. The maximum atomic E-state index is 13.2. The topological polar surface area (TPSA) is 99.2 Å². The molecule has 41 heavy (non-hydrogen) atoms. The number of carbonyl (C=O) groups is 1. The molecule has 1 N–H and O–H groups in total. The Balaban J connectivity index is 0.000000208. The van der Waals surface area contributed by atoms with E-state index in [2.05, 4.69) is 20.8 Å². The number of nitriles is 1. The molecule has 1 aromatic carbocycles. The number of halogens is 7. The molecule has 2 aromatic rings. The van der Waals surface area contributed by atoms with Crippen LogP contribution >= 0.6 is 0 Å². The average Bonchev–Trinajstić information content (AvgIpc) is 3.50. The third kappa shape index (κ3) is 7.38. The highest BCUT2D eigenvalue weighted by Crippen LogP contribution is 2.44. The summed E-state index contributed by atoms with van der Waals surface area (Å²) in [6, 6.07) is 8.60. The van der Waals surface area contributed by atoms with Gasteiger partial charge in [-0.1, -0.05) is 12.1 Å². The molecule has 0 spiro atoms. The van der Waals surface area contributed by atoms with Gasteiger partial charge >= 0.3 is 12.1 Å². The van der Waals surface area contributed by atoms with E-state index in [1.807, 2.05) is 4.90 Å². The number of anilines is 1. The van der Waals surface area contributed by atoms with Gasteiger partial charge in [-0.3, -0.25) is 9.00 Å². The molecule has 0 unspecified atom stereocenters. The van der Waals surface area contributed by atoms with Crippen LogP contribution in [0.3, 0.4) is 0 Å². The second-order valence-electron chi connectivity index (χ2n) is 10.3. The third-order valence-corrected chi connectivity index (χ3v) is 8.53. The number of nitrogens with one attached hydrogen (secondary N) is 1. The van der Waals surface area contributed by atoms with Crippen LogP contribution in [0.1, 0.15) is 44.4 Å². The SMILES string of the molecule is N#CC1(NC(=O)C2CCC(F)(F)CC2)CC1.O=S1CCN(c2ccc(-c3coc(C(F)(F)C(F)(F)F)n3)cc2)CC1. The van der Waals surface area contributed by atoms with E-state index in [1.54, 1.807) is 24.3 Å². The molecule has 2 saturated carbocycles. The van der Waals surface area contributed by atoms with Crippen LogP contribution in [0.5, 0.6) is 0 Å². The molecule has 0 bridgehead atoms. The number of hydrogen-bond acceptors (Lipinski definition) is 6. The molecule has 0 radical (unpaired) electrons. The Kier molecular flexibility index (Phi) is 8.73. The van der Waals surface area contributed by atoms with Gasteiger partial charge in [0.25, 0.3) is 5.89 Å². The Morgan fingerprint density at radius 3 is 2.15 bits per heavy atom. The zero-order valence-electron chi connectivity index (χ0n) is 21.7. The number of benzene rings is 1. The van der Waals surface area contributed by atoms with Gasteiger partial charge in [0, 0.05) is 65.4 Å². The van der Waals surface area contributed by atoms with Crippen molar-refractivity contribution in [3.8, 4) is 17.3 Å². The molecular formula is C26H27F7N4O3S. The Labute approximate surface area is 233 Å². The second kappa shape index (κ2) is 11.6. The fraction of sp³-hybridized carbons (Fsp3) is 0.577. The van der Waals surface area contributed by atoms with Gasteiger partial charge in [0.15, 0.2) is 0 Å². The van der Waals surface area contributed by atoms with Gasteiger partial charge in [0.05, 0.1) is 6.07 Å². The number of oxazole rings is 1. The molecule has 2 aliphatic carbocycles. The Morgan fingerprint density at radius 2 is 1.63 bits per heavy atom. The van der Waals surface area contributed by atoms with Crippen molar-refractivity contribution >= 4 is 22.4 Å². The standard InChI is InChI=1S/C15H13F5N2O2S.C11H14F2N2O/c16-14(17,15(18,19)20)13-21-12(9-24-13)10-1-3-11(4-2-10)22-5-7-25(23)8-6-22;12-11(13)3-1-8(2-4-11)9(16)15-10(7-14)5-6-10/h1-4,9H,5-8H2;8H,1-6H2,(H,15,16). The summed E-state index contributed by atoms with van der Waals surface area (Å²) in [4.78, 5) is 17.0. The minimum atomic E-state index is -5.77. The Morgan fingerprint density at radius 1 is 1.05 bits per heavy atom. The minimum absolute atomic E-state index is 0.106. The van der Waals surface area contributed by atoms with Crippen molar-refractivity contribution in [2.45, 2.75) is 62.1 Å². The zero-order valence-corrected chi connectivity index (χ0v) is 22.5.